The van der Waals surface area contributed by atoms with E-state index in [-0.39, 0.29) is 54.1 Å². The summed E-state index contributed by atoms with van der Waals surface area (Å²) < 4.78 is 18.4. The van der Waals surface area contributed by atoms with Crippen molar-refractivity contribution in [2.75, 3.05) is 46.3 Å². The van der Waals surface area contributed by atoms with Crippen molar-refractivity contribution < 1.29 is 43.6 Å². The second-order valence-electron chi connectivity index (χ2n) is 11.6. The van der Waals surface area contributed by atoms with Gasteiger partial charge in [0.2, 0.25) is 5.78 Å². The van der Waals surface area contributed by atoms with Crippen LogP contribution in [0.5, 0.6) is 5.75 Å². The summed E-state index contributed by atoms with van der Waals surface area (Å²) in [5.74, 6) is -6.37. The van der Waals surface area contributed by atoms with E-state index in [0.29, 0.717) is 17.0 Å². The van der Waals surface area contributed by atoms with E-state index in [4.69, 9.17) is 10.2 Å². The van der Waals surface area contributed by atoms with Crippen LogP contribution in [-0.2, 0) is 27.3 Å². The fraction of sp³-hybridized carbons (Fsp3) is 0.433. The Hall–Kier alpha value is -4.20. The summed E-state index contributed by atoms with van der Waals surface area (Å²) >= 11 is 0. The van der Waals surface area contributed by atoms with Crippen molar-refractivity contribution in [3.8, 4) is 17.1 Å². The number of aliphatic hydroxyl groups is 3. The molecule has 1 heterocycles. The number of aliphatic hydroxyl groups excluding tert-OH is 2. The zero-order valence-electron chi connectivity index (χ0n) is 24.3. The van der Waals surface area contributed by atoms with Gasteiger partial charge in [-0.15, -0.1) is 0 Å². The number of phenols is 1. The van der Waals surface area contributed by atoms with Gasteiger partial charge in [0.15, 0.2) is 11.4 Å². The summed E-state index contributed by atoms with van der Waals surface area (Å²) in [5.41, 5.74) is 2.91. The van der Waals surface area contributed by atoms with Crippen molar-refractivity contribution in [1.82, 2.24) is 10.2 Å². The Morgan fingerprint density at radius 3 is 2.49 bits per heavy atom. The first-order valence-electron chi connectivity index (χ1n) is 13.8. The number of fused-ring (bicyclic) bond motifs is 3. The molecule has 12 nitrogen and oxygen atoms in total. The molecular weight excluding hydrogens is 563 g/mol. The number of phenolic OH excluding ortho intramolecular Hbond substituents is 1. The highest BCUT2D eigenvalue weighted by Gasteiger charge is 2.64. The van der Waals surface area contributed by atoms with Gasteiger partial charge in [0.05, 0.1) is 23.7 Å². The molecule has 43 heavy (non-hydrogen) atoms. The highest BCUT2D eigenvalue weighted by atomic mass is 19.1. The molecule has 0 radical (unpaired) electrons. The number of anilines is 1. The van der Waals surface area contributed by atoms with Gasteiger partial charge in [0.25, 0.3) is 5.91 Å². The van der Waals surface area contributed by atoms with Crippen LogP contribution in [0.3, 0.4) is 0 Å². The first-order chi connectivity index (χ1) is 20.2. The number of nitrogens with zero attached hydrogens (tertiary/aromatic N) is 2. The molecule has 0 unspecified atom stereocenters. The number of amides is 1. The number of rotatable bonds is 8. The molecule has 13 heteroatoms. The largest absolute Gasteiger partial charge is 0.508 e. The number of hydrogen-bond donors (Lipinski definition) is 6. The van der Waals surface area contributed by atoms with Gasteiger partial charge >= 0.3 is 0 Å². The Bertz CT molecular complexity index is 1590. The molecule has 230 valence electrons. The Kier molecular flexibility index (Phi) is 7.61. The number of carbonyl (C=O) groups excluding carboxylic acids is 3. The molecule has 1 amide bonds. The van der Waals surface area contributed by atoms with Gasteiger partial charge in [-0.2, -0.15) is 0 Å². The lowest BCUT2D eigenvalue weighted by Gasteiger charge is -2.50. The van der Waals surface area contributed by atoms with Crippen molar-refractivity contribution in [2.45, 2.75) is 31.0 Å². The number of aromatic hydroxyl groups is 1. The van der Waals surface area contributed by atoms with Crippen LogP contribution in [0.25, 0.3) is 17.1 Å². The monoisotopic (exact) mass is 598 g/mol. The molecule has 5 rings (SSSR count). The molecule has 1 aromatic heterocycles. The third kappa shape index (κ3) is 4.50. The summed E-state index contributed by atoms with van der Waals surface area (Å²) in [5, 5.41) is 48.9. The molecule has 1 saturated carbocycles. The van der Waals surface area contributed by atoms with E-state index in [0.717, 1.165) is 0 Å². The third-order valence-electron chi connectivity index (χ3n) is 8.68. The summed E-state index contributed by atoms with van der Waals surface area (Å²) in [6.07, 6.45) is 0.154. The minimum Gasteiger partial charge on any atom is -0.508 e. The maximum Gasteiger partial charge on any atom is 0.255 e. The molecule has 0 spiro atoms. The summed E-state index contributed by atoms with van der Waals surface area (Å²) in [7, 11) is 6.66. The van der Waals surface area contributed by atoms with Crippen LogP contribution in [-0.4, -0.2) is 95.9 Å². The first-order valence-corrected chi connectivity index (χ1v) is 13.8. The van der Waals surface area contributed by atoms with Crippen LogP contribution < -0.4 is 16.0 Å². The molecule has 0 aliphatic heterocycles. The Labute approximate surface area is 246 Å². The second-order valence-corrected chi connectivity index (χ2v) is 11.6. The minimum atomic E-state index is -2.72. The number of halogens is 1. The highest BCUT2D eigenvalue weighted by Crippen LogP contribution is 2.55. The van der Waals surface area contributed by atoms with E-state index in [1.807, 2.05) is 0 Å². The molecular formula is C30H35FN4O8. The number of benzene rings is 1. The Morgan fingerprint density at radius 1 is 1.19 bits per heavy atom. The number of carbonyl (C=O) groups is 3. The van der Waals surface area contributed by atoms with E-state index >= 15 is 0 Å². The van der Waals surface area contributed by atoms with Crippen molar-refractivity contribution in [2.24, 2.45) is 17.6 Å². The van der Waals surface area contributed by atoms with E-state index in [2.05, 4.69) is 5.32 Å². The number of likely N-dealkylation sites (N-methyl/N-ethyl adjacent to an activating group) is 1. The van der Waals surface area contributed by atoms with Gasteiger partial charge in [-0.3, -0.25) is 19.3 Å². The second kappa shape index (κ2) is 10.8. The van der Waals surface area contributed by atoms with Gasteiger partial charge in [-0.1, -0.05) is 0 Å². The van der Waals surface area contributed by atoms with Crippen molar-refractivity contribution in [3.63, 3.8) is 0 Å². The maximum absolute atomic E-state index is 14.1. The molecule has 4 atom stereocenters. The lowest BCUT2D eigenvalue weighted by Crippen LogP contribution is -2.65. The quantitative estimate of drug-likeness (QED) is 0.190. The predicted octanol–water partition coefficient (Wildman–Crippen LogP) is 1.35. The van der Waals surface area contributed by atoms with Crippen LogP contribution >= 0.6 is 0 Å². The van der Waals surface area contributed by atoms with Gasteiger partial charge < -0.3 is 40.8 Å². The van der Waals surface area contributed by atoms with Gasteiger partial charge in [0.1, 0.15) is 41.0 Å². The normalized spacial score (nSPS) is 25.1. The summed E-state index contributed by atoms with van der Waals surface area (Å²) in [6.45, 7) is -0.148. The fourth-order valence-corrected chi connectivity index (χ4v) is 6.77. The fourth-order valence-electron chi connectivity index (χ4n) is 6.77. The minimum absolute atomic E-state index is 0.00539. The number of furan rings is 1. The lowest BCUT2D eigenvalue weighted by molar-refractivity contribution is -0.153. The van der Waals surface area contributed by atoms with Gasteiger partial charge in [-0.05, 0) is 56.6 Å². The summed E-state index contributed by atoms with van der Waals surface area (Å²) in [6, 6.07) is 3.83. The molecule has 0 bridgehead atoms. The standard InChI is InChI=1S/C30H35FN4O8/c1-34(2)18-11-16(19-6-5-14(43-19)12-33-8-7-31)24(36)21-15(18)9-13-10-17-23(35(3)4)26(38)22(29(32)41)28(40)30(17,42)27(39)20(13)25(21)37/h5-6,11,13,17,23,33,36-37,40,42H,7-10,12H2,1-4H3,(H2,32,41)/t13-,17-,23-,30-/m0/s1. The number of nitrogens with one attached hydrogen (secondary N) is 1. The first kappa shape index (κ1) is 30.3. The molecule has 1 fully saturated rings. The maximum atomic E-state index is 14.1. The zero-order chi connectivity index (χ0) is 31.5. The molecule has 3 aliphatic rings. The molecule has 0 saturated heterocycles. The topological polar surface area (TPSA) is 190 Å². The van der Waals surface area contributed by atoms with Crippen molar-refractivity contribution >= 4 is 28.9 Å². The van der Waals surface area contributed by atoms with E-state index < -0.39 is 64.7 Å². The van der Waals surface area contributed by atoms with Crippen LogP contribution in [0, 0.1) is 11.8 Å². The predicted molar refractivity (Wildman–Crippen MR) is 154 cm³/mol. The highest BCUT2D eigenvalue weighted by molar-refractivity contribution is 6.24. The molecule has 3 aliphatic carbocycles. The van der Waals surface area contributed by atoms with E-state index in [1.165, 1.54) is 4.90 Å². The van der Waals surface area contributed by atoms with E-state index in [9.17, 15) is 39.2 Å². The van der Waals surface area contributed by atoms with Gasteiger partial charge in [0, 0.05) is 37.8 Å². The Morgan fingerprint density at radius 2 is 1.88 bits per heavy atom. The van der Waals surface area contributed by atoms with Crippen molar-refractivity contribution in [3.05, 3.63) is 52.0 Å². The van der Waals surface area contributed by atoms with E-state index in [1.54, 1.807) is 51.3 Å². The number of nitrogens with two attached hydrogens (primary N) is 1. The average Bonchev–Trinajstić information content (AvgIpc) is 3.39. The molecule has 1 aromatic carbocycles. The molecule has 7 N–H and O–H groups in total. The van der Waals surface area contributed by atoms with Crippen LogP contribution in [0.1, 0.15) is 23.3 Å². The smallest absolute Gasteiger partial charge is 0.255 e. The van der Waals surface area contributed by atoms with Crippen LogP contribution in [0.15, 0.2) is 39.5 Å². The number of alkyl halides is 1. The SMILES string of the molecule is CN(C)c1cc(-c2ccc(CNCCF)o2)c(O)c2c1C[C@H]1C[C@H]3[C@H](N(C)C)C(=O)C(C(N)=O)=C(O)[C@@]3(O)C(=O)C1=C2O. The number of primary amides is 1. The van der Waals surface area contributed by atoms with Crippen LogP contribution in [0.4, 0.5) is 10.1 Å². The summed E-state index contributed by atoms with van der Waals surface area (Å²) in [4.78, 5) is 42.8. The van der Waals surface area contributed by atoms with Gasteiger partial charge in [-0.25, -0.2) is 4.39 Å². The molecule has 2 aromatic rings. The Balaban J connectivity index is 1.69. The number of Topliss-reactive ketones (excluding diaryl/α,β-unsaturated/α-hetero) is 2. The number of ketones is 2. The average molecular weight is 599 g/mol. The van der Waals surface area contributed by atoms with Crippen LogP contribution in [0.2, 0.25) is 0 Å². The lowest BCUT2D eigenvalue weighted by atomic mass is 9.57. The number of hydrogen-bond acceptors (Lipinski definition) is 11. The zero-order valence-corrected chi connectivity index (χ0v) is 24.3. The van der Waals surface area contributed by atoms with Crippen molar-refractivity contribution in [1.29, 1.82) is 0 Å². The third-order valence-corrected chi connectivity index (χ3v) is 8.68.